The predicted molar refractivity (Wildman–Crippen MR) is 71.8 cm³/mol. The van der Waals surface area contributed by atoms with Gasteiger partial charge in [-0.25, -0.2) is 0 Å². The van der Waals surface area contributed by atoms with E-state index in [0.717, 1.165) is 24.3 Å². The first-order valence-electron chi connectivity index (χ1n) is 6.57. The lowest BCUT2D eigenvalue weighted by molar-refractivity contribution is -0.142. The molecule has 1 saturated heterocycles. The Morgan fingerprint density at radius 2 is 2.32 bits per heavy atom. The Labute approximate surface area is 113 Å². The molecule has 104 valence electrons. The summed E-state index contributed by atoms with van der Waals surface area (Å²) in [6.45, 7) is 3.35. The van der Waals surface area contributed by atoms with E-state index in [-0.39, 0.29) is 12.5 Å². The molecule has 1 aromatic carbocycles. The van der Waals surface area contributed by atoms with Gasteiger partial charge in [-0.1, -0.05) is 12.1 Å². The van der Waals surface area contributed by atoms with Crippen LogP contribution in [0.15, 0.2) is 24.3 Å². The molecule has 19 heavy (non-hydrogen) atoms. The van der Waals surface area contributed by atoms with Crippen LogP contribution in [0, 0.1) is 0 Å². The fourth-order valence-electron chi connectivity index (χ4n) is 1.99. The summed E-state index contributed by atoms with van der Waals surface area (Å²) >= 11 is 0. The second kappa shape index (κ2) is 7.11. The highest BCUT2D eigenvalue weighted by atomic mass is 16.5. The Morgan fingerprint density at radius 3 is 3.11 bits per heavy atom. The lowest BCUT2D eigenvalue weighted by atomic mass is 10.2. The molecule has 0 atom stereocenters. The highest BCUT2D eigenvalue weighted by molar-refractivity contribution is 5.77. The van der Waals surface area contributed by atoms with Crippen LogP contribution in [0.25, 0.3) is 0 Å². The van der Waals surface area contributed by atoms with E-state index in [0.29, 0.717) is 26.3 Å². The van der Waals surface area contributed by atoms with E-state index in [9.17, 15) is 4.79 Å². The number of nitrogens with two attached hydrogens (primary N) is 1. The van der Waals surface area contributed by atoms with Gasteiger partial charge in [-0.05, 0) is 24.1 Å². The average molecular weight is 264 g/mol. The quantitative estimate of drug-likeness (QED) is 0.771. The molecule has 0 bridgehead atoms. The number of hydrogen-bond donors (Lipinski definition) is 1. The summed E-state index contributed by atoms with van der Waals surface area (Å²) in [7, 11) is 0. The highest BCUT2D eigenvalue weighted by Gasteiger charge is 2.17. The smallest absolute Gasteiger partial charge is 0.248 e. The van der Waals surface area contributed by atoms with Crippen molar-refractivity contribution in [2.75, 3.05) is 32.9 Å². The molecule has 1 aromatic rings. The Bertz CT molecular complexity index is 423. The fourth-order valence-corrected chi connectivity index (χ4v) is 1.99. The van der Waals surface area contributed by atoms with Gasteiger partial charge in [0.25, 0.3) is 0 Å². The molecule has 1 aliphatic rings. The summed E-state index contributed by atoms with van der Waals surface area (Å²) in [5.41, 5.74) is 6.63. The number of carbonyl (C=O) groups is 1. The number of amides is 1. The normalized spacial score (nSPS) is 15.6. The lowest BCUT2D eigenvalue weighted by Crippen LogP contribution is -2.42. The summed E-state index contributed by atoms with van der Waals surface area (Å²) in [6, 6.07) is 7.77. The van der Waals surface area contributed by atoms with Crippen LogP contribution in [-0.4, -0.2) is 43.7 Å². The van der Waals surface area contributed by atoms with Gasteiger partial charge in [-0.3, -0.25) is 4.79 Å². The number of hydrogen-bond acceptors (Lipinski definition) is 4. The number of morpholine rings is 1. The van der Waals surface area contributed by atoms with Crippen molar-refractivity contribution < 1.29 is 14.3 Å². The monoisotopic (exact) mass is 264 g/mol. The molecule has 5 nitrogen and oxygen atoms in total. The van der Waals surface area contributed by atoms with E-state index in [1.54, 1.807) is 0 Å². The molecule has 0 aromatic heterocycles. The number of ether oxygens (including phenoxy) is 2. The Hall–Kier alpha value is -1.59. The van der Waals surface area contributed by atoms with Crippen molar-refractivity contribution >= 4 is 5.91 Å². The second-order valence-corrected chi connectivity index (χ2v) is 4.49. The molecule has 0 radical (unpaired) electrons. The molecule has 0 spiro atoms. The Morgan fingerprint density at radius 1 is 1.42 bits per heavy atom. The molecule has 1 fully saturated rings. The molecule has 2 rings (SSSR count). The Balaban J connectivity index is 1.69. The van der Waals surface area contributed by atoms with Gasteiger partial charge in [-0.15, -0.1) is 0 Å². The third kappa shape index (κ3) is 4.22. The first-order valence-corrected chi connectivity index (χ1v) is 6.57. The largest absolute Gasteiger partial charge is 0.494 e. The van der Waals surface area contributed by atoms with Crippen LogP contribution >= 0.6 is 0 Å². The van der Waals surface area contributed by atoms with Crippen molar-refractivity contribution in [3.8, 4) is 5.75 Å². The average Bonchev–Trinajstić information content (AvgIpc) is 2.45. The van der Waals surface area contributed by atoms with Gasteiger partial charge in [0.2, 0.25) is 5.91 Å². The van der Waals surface area contributed by atoms with Gasteiger partial charge < -0.3 is 20.1 Å². The Kier molecular flexibility index (Phi) is 5.18. The summed E-state index contributed by atoms with van der Waals surface area (Å²) < 4.78 is 10.7. The number of carbonyl (C=O) groups excluding carboxylic acids is 1. The zero-order valence-electron chi connectivity index (χ0n) is 11.0. The standard InChI is InChI=1S/C14H20N2O3/c15-10-12-3-1-4-13(9-12)19-7-2-5-16-6-8-18-11-14(16)17/h1,3-4,9H,2,5-8,10-11,15H2. The van der Waals surface area contributed by atoms with Crippen LogP contribution in [0.1, 0.15) is 12.0 Å². The van der Waals surface area contributed by atoms with Crippen molar-refractivity contribution in [3.05, 3.63) is 29.8 Å². The van der Waals surface area contributed by atoms with E-state index in [2.05, 4.69) is 0 Å². The molecular weight excluding hydrogens is 244 g/mol. The van der Waals surface area contributed by atoms with Crippen molar-refractivity contribution in [2.45, 2.75) is 13.0 Å². The fraction of sp³-hybridized carbons (Fsp3) is 0.500. The van der Waals surface area contributed by atoms with Crippen molar-refractivity contribution in [1.82, 2.24) is 4.90 Å². The molecular formula is C14H20N2O3. The zero-order chi connectivity index (χ0) is 13.5. The van der Waals surface area contributed by atoms with Gasteiger partial charge in [0.1, 0.15) is 12.4 Å². The van der Waals surface area contributed by atoms with E-state index in [4.69, 9.17) is 15.2 Å². The van der Waals surface area contributed by atoms with Crippen LogP contribution < -0.4 is 10.5 Å². The molecule has 2 N–H and O–H groups in total. The van der Waals surface area contributed by atoms with Crippen molar-refractivity contribution in [2.24, 2.45) is 5.73 Å². The highest BCUT2D eigenvalue weighted by Crippen LogP contribution is 2.13. The van der Waals surface area contributed by atoms with E-state index in [1.807, 2.05) is 29.2 Å². The van der Waals surface area contributed by atoms with E-state index in [1.165, 1.54) is 0 Å². The van der Waals surface area contributed by atoms with Crippen molar-refractivity contribution in [1.29, 1.82) is 0 Å². The predicted octanol–water partition coefficient (Wildman–Crippen LogP) is 0.773. The van der Waals surface area contributed by atoms with Crippen LogP contribution in [0.5, 0.6) is 5.75 Å². The maximum atomic E-state index is 11.5. The molecule has 1 aliphatic heterocycles. The number of nitrogens with zero attached hydrogens (tertiary/aromatic N) is 1. The van der Waals surface area contributed by atoms with Gasteiger partial charge in [0, 0.05) is 19.6 Å². The molecule has 1 amide bonds. The first-order chi connectivity index (χ1) is 9.29. The second-order valence-electron chi connectivity index (χ2n) is 4.49. The molecule has 1 heterocycles. The zero-order valence-corrected chi connectivity index (χ0v) is 11.0. The summed E-state index contributed by atoms with van der Waals surface area (Å²) in [5, 5.41) is 0. The summed E-state index contributed by atoms with van der Waals surface area (Å²) in [5.74, 6) is 0.896. The molecule has 0 unspecified atom stereocenters. The summed E-state index contributed by atoms with van der Waals surface area (Å²) in [4.78, 5) is 13.3. The van der Waals surface area contributed by atoms with Gasteiger partial charge in [0.05, 0.1) is 13.2 Å². The molecule has 0 aliphatic carbocycles. The minimum atomic E-state index is 0.0661. The van der Waals surface area contributed by atoms with E-state index < -0.39 is 0 Å². The minimum Gasteiger partial charge on any atom is -0.494 e. The molecule has 5 heteroatoms. The lowest BCUT2D eigenvalue weighted by Gasteiger charge is -2.26. The van der Waals surface area contributed by atoms with Gasteiger partial charge >= 0.3 is 0 Å². The third-order valence-electron chi connectivity index (χ3n) is 3.06. The van der Waals surface area contributed by atoms with E-state index >= 15 is 0 Å². The molecule has 0 saturated carbocycles. The van der Waals surface area contributed by atoms with Crippen LogP contribution in [0.2, 0.25) is 0 Å². The maximum Gasteiger partial charge on any atom is 0.248 e. The number of benzene rings is 1. The van der Waals surface area contributed by atoms with Gasteiger partial charge in [-0.2, -0.15) is 0 Å². The van der Waals surface area contributed by atoms with Crippen LogP contribution in [0.3, 0.4) is 0 Å². The number of rotatable bonds is 6. The summed E-state index contributed by atoms with van der Waals surface area (Å²) in [6.07, 6.45) is 0.818. The minimum absolute atomic E-state index is 0.0661. The third-order valence-corrected chi connectivity index (χ3v) is 3.06. The van der Waals surface area contributed by atoms with Gasteiger partial charge in [0.15, 0.2) is 0 Å². The topological polar surface area (TPSA) is 64.8 Å². The van der Waals surface area contributed by atoms with Crippen LogP contribution in [-0.2, 0) is 16.1 Å². The van der Waals surface area contributed by atoms with Crippen molar-refractivity contribution in [3.63, 3.8) is 0 Å². The first kappa shape index (κ1) is 13.8. The maximum absolute atomic E-state index is 11.5. The SMILES string of the molecule is NCc1cccc(OCCCN2CCOCC2=O)c1. The van der Waals surface area contributed by atoms with Crippen LogP contribution in [0.4, 0.5) is 0 Å².